The molecule has 1 aromatic heterocycles. The first kappa shape index (κ1) is 14.1. The maximum atomic E-state index is 12.1. The number of halogens is 1. The standard InChI is InChI=1S/C15H16ClNOS/c1-11-5-3-7-14(12(11)2)17(15(18)9-16)10-13-6-4-8-19-13/h3-8H,9-10H2,1-2H3. The van der Waals surface area contributed by atoms with Crippen LogP contribution in [0.1, 0.15) is 16.0 Å². The van der Waals surface area contributed by atoms with Gasteiger partial charge in [-0.1, -0.05) is 18.2 Å². The number of anilines is 1. The highest BCUT2D eigenvalue weighted by Crippen LogP contribution is 2.26. The number of thiophene rings is 1. The molecule has 1 amide bonds. The number of benzene rings is 1. The average Bonchev–Trinajstić information content (AvgIpc) is 2.92. The molecule has 0 saturated carbocycles. The fourth-order valence-corrected chi connectivity index (χ4v) is 2.80. The lowest BCUT2D eigenvalue weighted by molar-refractivity contribution is -0.116. The summed E-state index contributed by atoms with van der Waals surface area (Å²) in [5.41, 5.74) is 3.24. The van der Waals surface area contributed by atoms with Crippen LogP contribution in [0.25, 0.3) is 0 Å². The molecule has 1 heterocycles. The van der Waals surface area contributed by atoms with E-state index in [0.29, 0.717) is 6.54 Å². The van der Waals surface area contributed by atoms with Crippen molar-refractivity contribution in [3.05, 3.63) is 51.7 Å². The van der Waals surface area contributed by atoms with Crippen LogP contribution in [0, 0.1) is 13.8 Å². The zero-order valence-corrected chi connectivity index (χ0v) is 12.6. The van der Waals surface area contributed by atoms with Gasteiger partial charge in [0.2, 0.25) is 5.91 Å². The Morgan fingerprint density at radius 3 is 2.68 bits per heavy atom. The van der Waals surface area contributed by atoms with Crippen molar-refractivity contribution in [3.63, 3.8) is 0 Å². The summed E-state index contributed by atoms with van der Waals surface area (Å²) in [6, 6.07) is 10.0. The van der Waals surface area contributed by atoms with E-state index in [1.807, 2.05) is 49.6 Å². The predicted molar refractivity (Wildman–Crippen MR) is 82.1 cm³/mol. The number of amides is 1. The molecule has 0 aliphatic carbocycles. The van der Waals surface area contributed by atoms with E-state index in [1.54, 1.807) is 16.2 Å². The minimum absolute atomic E-state index is 0.00123. The van der Waals surface area contributed by atoms with Crippen molar-refractivity contribution in [3.8, 4) is 0 Å². The third-order valence-electron chi connectivity index (χ3n) is 3.18. The van der Waals surface area contributed by atoms with Crippen LogP contribution in [0.15, 0.2) is 35.7 Å². The summed E-state index contributed by atoms with van der Waals surface area (Å²) in [7, 11) is 0. The van der Waals surface area contributed by atoms with Crippen molar-refractivity contribution in [2.75, 3.05) is 10.8 Å². The van der Waals surface area contributed by atoms with Crippen LogP contribution in [-0.2, 0) is 11.3 Å². The molecular formula is C15H16ClNOS. The van der Waals surface area contributed by atoms with E-state index in [2.05, 4.69) is 0 Å². The number of alkyl halides is 1. The van der Waals surface area contributed by atoms with E-state index in [0.717, 1.165) is 16.1 Å². The number of carbonyl (C=O) groups is 1. The molecule has 0 radical (unpaired) electrons. The first-order valence-corrected chi connectivity index (χ1v) is 7.50. The summed E-state index contributed by atoms with van der Waals surface area (Å²) in [4.78, 5) is 15.0. The lowest BCUT2D eigenvalue weighted by Crippen LogP contribution is -2.31. The van der Waals surface area contributed by atoms with Gasteiger partial charge in [-0.15, -0.1) is 22.9 Å². The van der Waals surface area contributed by atoms with Crippen LogP contribution >= 0.6 is 22.9 Å². The third kappa shape index (κ3) is 3.17. The fourth-order valence-electron chi connectivity index (χ4n) is 1.97. The highest BCUT2D eigenvalue weighted by atomic mass is 35.5. The Balaban J connectivity index is 2.37. The molecule has 0 aliphatic rings. The first-order valence-electron chi connectivity index (χ1n) is 6.08. The molecule has 0 N–H and O–H groups in total. The van der Waals surface area contributed by atoms with Crippen molar-refractivity contribution in [2.45, 2.75) is 20.4 Å². The van der Waals surface area contributed by atoms with E-state index >= 15 is 0 Å². The zero-order chi connectivity index (χ0) is 13.8. The first-order chi connectivity index (χ1) is 9.13. The largest absolute Gasteiger partial charge is 0.306 e. The van der Waals surface area contributed by atoms with Crippen molar-refractivity contribution in [1.82, 2.24) is 0 Å². The van der Waals surface area contributed by atoms with Crippen LogP contribution < -0.4 is 4.90 Å². The van der Waals surface area contributed by atoms with E-state index in [9.17, 15) is 4.79 Å². The van der Waals surface area contributed by atoms with Crippen molar-refractivity contribution < 1.29 is 4.79 Å². The smallest absolute Gasteiger partial charge is 0.242 e. The van der Waals surface area contributed by atoms with Gasteiger partial charge in [-0.3, -0.25) is 4.79 Å². The molecule has 0 saturated heterocycles. The van der Waals surface area contributed by atoms with Gasteiger partial charge in [-0.05, 0) is 42.5 Å². The minimum Gasteiger partial charge on any atom is -0.306 e. The quantitative estimate of drug-likeness (QED) is 0.776. The van der Waals surface area contributed by atoms with Crippen molar-refractivity contribution in [2.24, 2.45) is 0 Å². The van der Waals surface area contributed by atoms with Crippen LogP contribution in [0.5, 0.6) is 0 Å². The van der Waals surface area contributed by atoms with Gasteiger partial charge < -0.3 is 4.90 Å². The Hall–Kier alpha value is -1.32. The van der Waals surface area contributed by atoms with Gasteiger partial charge in [0.15, 0.2) is 0 Å². The number of rotatable bonds is 4. The molecule has 0 fully saturated rings. The van der Waals surface area contributed by atoms with Gasteiger partial charge in [0, 0.05) is 10.6 Å². The topological polar surface area (TPSA) is 20.3 Å². The van der Waals surface area contributed by atoms with Crippen LogP contribution in [0.4, 0.5) is 5.69 Å². The van der Waals surface area contributed by atoms with Gasteiger partial charge in [-0.25, -0.2) is 0 Å². The monoisotopic (exact) mass is 293 g/mol. The number of aryl methyl sites for hydroxylation is 1. The van der Waals surface area contributed by atoms with E-state index < -0.39 is 0 Å². The highest BCUT2D eigenvalue weighted by Gasteiger charge is 2.18. The normalized spacial score (nSPS) is 10.5. The molecule has 0 spiro atoms. The summed E-state index contributed by atoms with van der Waals surface area (Å²) < 4.78 is 0. The van der Waals surface area contributed by atoms with Crippen molar-refractivity contribution in [1.29, 1.82) is 0 Å². The molecule has 1 aromatic carbocycles. The molecule has 0 atom stereocenters. The van der Waals surface area contributed by atoms with Crippen LogP contribution in [0.3, 0.4) is 0 Å². The fraction of sp³-hybridized carbons (Fsp3) is 0.267. The number of carbonyl (C=O) groups excluding carboxylic acids is 1. The van der Waals surface area contributed by atoms with Crippen molar-refractivity contribution >= 4 is 34.5 Å². The summed E-state index contributed by atoms with van der Waals surface area (Å²) >= 11 is 7.39. The molecule has 0 aliphatic heterocycles. The van der Waals surface area contributed by atoms with Gasteiger partial charge in [0.1, 0.15) is 5.88 Å². The summed E-state index contributed by atoms with van der Waals surface area (Å²) in [5, 5.41) is 2.02. The number of hydrogen-bond donors (Lipinski definition) is 0. The highest BCUT2D eigenvalue weighted by molar-refractivity contribution is 7.09. The number of hydrogen-bond acceptors (Lipinski definition) is 2. The van der Waals surface area contributed by atoms with Crippen LogP contribution in [0.2, 0.25) is 0 Å². The molecule has 100 valence electrons. The molecule has 0 bridgehead atoms. The van der Waals surface area contributed by atoms with Gasteiger partial charge in [0.05, 0.1) is 6.54 Å². The maximum Gasteiger partial charge on any atom is 0.242 e. The predicted octanol–water partition coefficient (Wildman–Crippen LogP) is 4.14. The number of nitrogens with zero attached hydrogens (tertiary/aromatic N) is 1. The van der Waals surface area contributed by atoms with E-state index in [-0.39, 0.29) is 11.8 Å². The molecule has 19 heavy (non-hydrogen) atoms. The van der Waals surface area contributed by atoms with Gasteiger partial charge in [-0.2, -0.15) is 0 Å². The molecule has 2 nitrogen and oxygen atoms in total. The molecular weight excluding hydrogens is 278 g/mol. The van der Waals surface area contributed by atoms with Gasteiger partial charge in [0.25, 0.3) is 0 Å². The second-order valence-corrected chi connectivity index (χ2v) is 5.71. The molecule has 2 aromatic rings. The Labute approximate surface area is 122 Å². The Bertz CT molecular complexity index is 566. The molecule has 2 rings (SSSR count). The summed E-state index contributed by atoms with van der Waals surface area (Å²) in [5.74, 6) is -0.0672. The molecule has 0 unspecified atom stereocenters. The van der Waals surface area contributed by atoms with E-state index in [4.69, 9.17) is 11.6 Å². The lowest BCUT2D eigenvalue weighted by Gasteiger charge is -2.24. The minimum atomic E-state index is -0.0660. The second kappa shape index (κ2) is 6.22. The zero-order valence-electron chi connectivity index (χ0n) is 11.0. The third-order valence-corrected chi connectivity index (χ3v) is 4.27. The maximum absolute atomic E-state index is 12.1. The Morgan fingerprint density at radius 2 is 2.05 bits per heavy atom. The lowest BCUT2D eigenvalue weighted by atomic mass is 10.1. The summed E-state index contributed by atoms with van der Waals surface area (Å²) in [6.45, 7) is 4.66. The SMILES string of the molecule is Cc1cccc(N(Cc2cccs2)C(=O)CCl)c1C. The van der Waals surface area contributed by atoms with Gasteiger partial charge >= 0.3 is 0 Å². The Kier molecular flexibility index (Phi) is 4.61. The average molecular weight is 294 g/mol. The Morgan fingerprint density at radius 1 is 1.26 bits per heavy atom. The van der Waals surface area contributed by atoms with E-state index in [1.165, 1.54) is 5.56 Å². The molecule has 4 heteroatoms. The second-order valence-electron chi connectivity index (χ2n) is 4.41. The summed E-state index contributed by atoms with van der Waals surface area (Å²) in [6.07, 6.45) is 0. The van der Waals surface area contributed by atoms with Crippen LogP contribution in [-0.4, -0.2) is 11.8 Å².